The molecule has 3 aromatic rings. The molecule has 0 amide bonds. The minimum atomic E-state index is 0.280. The van der Waals surface area contributed by atoms with Crippen molar-refractivity contribution in [3.05, 3.63) is 72.3 Å². The fourth-order valence-electron chi connectivity index (χ4n) is 3.53. The zero-order valence-corrected chi connectivity index (χ0v) is 16.4. The molecule has 0 radical (unpaired) electrons. The second-order valence-electron chi connectivity index (χ2n) is 7.20. The second-order valence-corrected chi connectivity index (χ2v) is 7.20. The van der Waals surface area contributed by atoms with Gasteiger partial charge in [-0.3, -0.25) is 0 Å². The Hall–Kier alpha value is -2.78. The van der Waals surface area contributed by atoms with Crippen LogP contribution in [-0.2, 0) is 6.42 Å². The van der Waals surface area contributed by atoms with E-state index < -0.39 is 0 Å². The molecule has 0 aliphatic carbocycles. The summed E-state index contributed by atoms with van der Waals surface area (Å²) >= 11 is 0. The Morgan fingerprint density at radius 1 is 0.714 bits per heavy atom. The normalized spacial score (nSPS) is 10.8. The molecule has 3 heteroatoms. The van der Waals surface area contributed by atoms with Crippen LogP contribution in [0.5, 0.6) is 11.5 Å². The predicted molar refractivity (Wildman–Crippen MR) is 115 cm³/mol. The standard InChI is InChI=1S/C25H28O3/c1-2-3-4-5-6-7-22-18-21(19-8-13-23(26)14-9-19)12-17-25(22)20-10-15-24(28-27)16-11-20/h8-18,26-27H,2-7H2,1H3. The molecule has 0 heterocycles. The first-order valence-corrected chi connectivity index (χ1v) is 10.1. The molecule has 3 nitrogen and oxygen atoms in total. The Kier molecular flexibility index (Phi) is 7.10. The quantitative estimate of drug-likeness (QED) is 0.238. The summed E-state index contributed by atoms with van der Waals surface area (Å²) in [5.74, 6) is 0.716. The molecule has 0 atom stereocenters. The third-order valence-corrected chi connectivity index (χ3v) is 5.13. The lowest BCUT2D eigenvalue weighted by molar-refractivity contribution is -0.137. The molecule has 0 saturated heterocycles. The minimum Gasteiger partial charge on any atom is -0.508 e. The van der Waals surface area contributed by atoms with Gasteiger partial charge in [-0.25, -0.2) is 5.26 Å². The van der Waals surface area contributed by atoms with Gasteiger partial charge in [0.2, 0.25) is 0 Å². The van der Waals surface area contributed by atoms with Crippen LogP contribution in [0.15, 0.2) is 66.7 Å². The third kappa shape index (κ3) is 5.14. The van der Waals surface area contributed by atoms with E-state index in [-0.39, 0.29) is 5.75 Å². The van der Waals surface area contributed by atoms with E-state index >= 15 is 0 Å². The summed E-state index contributed by atoms with van der Waals surface area (Å²) in [6.07, 6.45) is 7.27. The first-order valence-electron chi connectivity index (χ1n) is 10.1. The molecular weight excluding hydrogens is 348 g/mol. The lowest BCUT2D eigenvalue weighted by atomic mass is 9.92. The summed E-state index contributed by atoms with van der Waals surface area (Å²) in [6.45, 7) is 2.24. The van der Waals surface area contributed by atoms with E-state index in [4.69, 9.17) is 5.26 Å². The number of phenolic OH excluding ortho intramolecular Hbond substituents is 1. The number of hydrogen-bond donors (Lipinski definition) is 2. The largest absolute Gasteiger partial charge is 0.508 e. The smallest absolute Gasteiger partial charge is 0.165 e. The van der Waals surface area contributed by atoms with Crippen LogP contribution in [0.2, 0.25) is 0 Å². The molecular formula is C25H28O3. The second kappa shape index (κ2) is 9.95. The molecule has 0 bridgehead atoms. The van der Waals surface area contributed by atoms with Crippen LogP contribution < -0.4 is 4.89 Å². The summed E-state index contributed by atoms with van der Waals surface area (Å²) in [7, 11) is 0. The van der Waals surface area contributed by atoms with Crippen LogP contribution in [0.3, 0.4) is 0 Å². The van der Waals surface area contributed by atoms with Gasteiger partial charge >= 0.3 is 0 Å². The van der Waals surface area contributed by atoms with Gasteiger partial charge in [-0.05, 0) is 64.9 Å². The molecule has 0 aliphatic heterocycles. The molecule has 0 spiro atoms. The fourth-order valence-corrected chi connectivity index (χ4v) is 3.53. The SMILES string of the molecule is CCCCCCCc1cc(-c2ccc(O)cc2)ccc1-c1ccc(OO)cc1. The van der Waals surface area contributed by atoms with E-state index in [0.717, 1.165) is 23.1 Å². The molecule has 0 fully saturated rings. The molecule has 0 aliphatic rings. The topological polar surface area (TPSA) is 49.7 Å². The maximum Gasteiger partial charge on any atom is 0.165 e. The van der Waals surface area contributed by atoms with Gasteiger partial charge in [-0.1, -0.05) is 75.1 Å². The van der Waals surface area contributed by atoms with E-state index in [0.29, 0.717) is 5.75 Å². The van der Waals surface area contributed by atoms with Gasteiger partial charge < -0.3 is 9.99 Å². The van der Waals surface area contributed by atoms with Crippen molar-refractivity contribution < 1.29 is 15.3 Å². The zero-order valence-electron chi connectivity index (χ0n) is 16.4. The highest BCUT2D eigenvalue weighted by molar-refractivity contribution is 5.74. The molecule has 146 valence electrons. The average Bonchev–Trinajstić information content (AvgIpc) is 2.74. The lowest BCUT2D eigenvalue weighted by Gasteiger charge is -2.13. The van der Waals surface area contributed by atoms with E-state index in [9.17, 15) is 5.11 Å². The highest BCUT2D eigenvalue weighted by atomic mass is 17.1. The van der Waals surface area contributed by atoms with Gasteiger partial charge in [-0.15, -0.1) is 0 Å². The molecule has 3 rings (SSSR count). The number of aromatic hydroxyl groups is 1. The van der Waals surface area contributed by atoms with Gasteiger partial charge in [-0.2, -0.15) is 0 Å². The zero-order chi connectivity index (χ0) is 19.8. The number of rotatable bonds is 9. The Balaban J connectivity index is 1.89. The molecule has 0 unspecified atom stereocenters. The molecule has 28 heavy (non-hydrogen) atoms. The first kappa shape index (κ1) is 20.0. The number of hydrogen-bond acceptors (Lipinski definition) is 3. The Bertz CT molecular complexity index is 867. The van der Waals surface area contributed by atoms with Crippen molar-refractivity contribution in [1.29, 1.82) is 0 Å². The monoisotopic (exact) mass is 376 g/mol. The van der Waals surface area contributed by atoms with Crippen LogP contribution in [0.4, 0.5) is 0 Å². The van der Waals surface area contributed by atoms with Crippen molar-refractivity contribution in [2.75, 3.05) is 0 Å². The van der Waals surface area contributed by atoms with E-state index in [1.165, 1.54) is 43.2 Å². The van der Waals surface area contributed by atoms with Gasteiger partial charge in [0.05, 0.1) is 0 Å². The van der Waals surface area contributed by atoms with E-state index in [1.807, 2.05) is 24.3 Å². The predicted octanol–water partition coefficient (Wildman–Crippen LogP) is 7.09. The number of benzene rings is 3. The van der Waals surface area contributed by atoms with Crippen molar-refractivity contribution in [3.63, 3.8) is 0 Å². The summed E-state index contributed by atoms with van der Waals surface area (Å²) in [6, 6.07) is 21.4. The van der Waals surface area contributed by atoms with Crippen LogP contribution in [-0.4, -0.2) is 10.4 Å². The summed E-state index contributed by atoms with van der Waals surface area (Å²) in [4.78, 5) is 4.30. The van der Waals surface area contributed by atoms with E-state index in [2.05, 4.69) is 30.0 Å². The van der Waals surface area contributed by atoms with E-state index in [1.54, 1.807) is 24.3 Å². The summed E-state index contributed by atoms with van der Waals surface area (Å²) in [5, 5.41) is 18.4. The maximum atomic E-state index is 9.55. The Morgan fingerprint density at radius 3 is 2.04 bits per heavy atom. The first-order chi connectivity index (χ1) is 13.7. The lowest BCUT2D eigenvalue weighted by Crippen LogP contribution is -1.93. The van der Waals surface area contributed by atoms with Crippen molar-refractivity contribution in [3.8, 4) is 33.8 Å². The van der Waals surface area contributed by atoms with Crippen LogP contribution in [0, 0.1) is 0 Å². The van der Waals surface area contributed by atoms with Gasteiger partial charge in [0.25, 0.3) is 0 Å². The van der Waals surface area contributed by atoms with Gasteiger partial charge in [0.1, 0.15) is 5.75 Å². The molecule has 0 saturated carbocycles. The highest BCUT2D eigenvalue weighted by Crippen LogP contribution is 2.32. The minimum absolute atomic E-state index is 0.280. The molecule has 3 aromatic carbocycles. The molecule has 0 aromatic heterocycles. The Labute approximate surface area is 167 Å². The number of unbranched alkanes of at least 4 members (excludes halogenated alkanes) is 4. The summed E-state index contributed by atoms with van der Waals surface area (Å²) < 4.78 is 0. The fraction of sp³-hybridized carbons (Fsp3) is 0.280. The molecule has 2 N–H and O–H groups in total. The average molecular weight is 376 g/mol. The van der Waals surface area contributed by atoms with Crippen LogP contribution in [0.25, 0.3) is 22.3 Å². The van der Waals surface area contributed by atoms with Crippen molar-refractivity contribution in [1.82, 2.24) is 0 Å². The van der Waals surface area contributed by atoms with Crippen molar-refractivity contribution >= 4 is 0 Å². The van der Waals surface area contributed by atoms with Crippen molar-refractivity contribution in [2.45, 2.75) is 45.4 Å². The third-order valence-electron chi connectivity index (χ3n) is 5.13. The summed E-state index contributed by atoms with van der Waals surface area (Å²) in [5.41, 5.74) is 5.90. The number of aryl methyl sites for hydroxylation is 1. The Morgan fingerprint density at radius 2 is 1.36 bits per heavy atom. The number of phenols is 1. The van der Waals surface area contributed by atoms with Crippen LogP contribution in [0.1, 0.15) is 44.6 Å². The van der Waals surface area contributed by atoms with Crippen LogP contribution >= 0.6 is 0 Å². The highest BCUT2D eigenvalue weighted by Gasteiger charge is 2.09. The van der Waals surface area contributed by atoms with Crippen molar-refractivity contribution in [2.24, 2.45) is 0 Å². The van der Waals surface area contributed by atoms with Gasteiger partial charge in [0, 0.05) is 0 Å². The maximum absolute atomic E-state index is 9.55. The van der Waals surface area contributed by atoms with Gasteiger partial charge in [0.15, 0.2) is 5.75 Å².